The van der Waals surface area contributed by atoms with Crippen LogP contribution in [-0.2, 0) is 17.1 Å². The number of nitrogens with zero attached hydrogens (tertiary/aromatic N) is 2. The summed E-state index contributed by atoms with van der Waals surface area (Å²) < 4.78 is 0. The molecular weight excluding hydrogens is 298 g/mol. The average Bonchev–Trinajstić information content (AvgIpc) is 2.91. The van der Waals surface area contributed by atoms with Crippen LogP contribution in [0.3, 0.4) is 0 Å². The first-order chi connectivity index (χ1) is 9.44. The van der Waals surface area contributed by atoms with Crippen LogP contribution in [0.4, 0.5) is 4.79 Å². The third-order valence-corrected chi connectivity index (χ3v) is 4.43. The van der Waals surface area contributed by atoms with Crippen molar-refractivity contribution in [3.8, 4) is 0 Å². The molecule has 1 aliphatic heterocycles. The van der Waals surface area contributed by atoms with E-state index in [0.717, 1.165) is 30.0 Å². The highest BCUT2D eigenvalue weighted by molar-refractivity contribution is 7.09. The monoisotopic (exact) mass is 315 g/mol. The zero-order chi connectivity index (χ0) is 14.8. The van der Waals surface area contributed by atoms with Crippen LogP contribution in [0.1, 0.15) is 37.4 Å². The summed E-state index contributed by atoms with van der Waals surface area (Å²) in [4.78, 5) is 29.3. The van der Waals surface area contributed by atoms with Crippen LogP contribution >= 0.6 is 22.9 Å². The van der Waals surface area contributed by atoms with Crippen LogP contribution in [0.2, 0.25) is 0 Å². The molecular formula is C13H18ClN3O2S. The number of carbonyl (C=O) groups is 2. The van der Waals surface area contributed by atoms with Crippen molar-refractivity contribution >= 4 is 34.9 Å². The number of amides is 3. The maximum atomic E-state index is 12.0. The minimum Gasteiger partial charge on any atom is -0.324 e. The van der Waals surface area contributed by atoms with Crippen LogP contribution < -0.4 is 5.32 Å². The third kappa shape index (κ3) is 3.30. The molecule has 0 spiro atoms. The van der Waals surface area contributed by atoms with Crippen molar-refractivity contribution in [1.82, 2.24) is 15.2 Å². The number of rotatable bonds is 6. The fourth-order valence-electron chi connectivity index (χ4n) is 2.09. The van der Waals surface area contributed by atoms with Gasteiger partial charge in [-0.15, -0.1) is 22.9 Å². The number of hydrogen-bond donors (Lipinski definition) is 1. The highest BCUT2D eigenvalue weighted by atomic mass is 35.5. The molecule has 1 saturated heterocycles. The smallest absolute Gasteiger partial charge is 0.324 e. The highest BCUT2D eigenvalue weighted by Gasteiger charge is 2.43. The molecule has 0 radical (unpaired) electrons. The second-order valence-electron chi connectivity index (χ2n) is 5.34. The van der Waals surface area contributed by atoms with Gasteiger partial charge in [0.2, 0.25) is 0 Å². The van der Waals surface area contributed by atoms with Gasteiger partial charge in [-0.3, -0.25) is 9.69 Å². The van der Waals surface area contributed by atoms with Crippen LogP contribution in [-0.4, -0.2) is 33.9 Å². The van der Waals surface area contributed by atoms with Crippen LogP contribution in [0.25, 0.3) is 0 Å². The molecule has 1 aromatic rings. The zero-order valence-electron chi connectivity index (χ0n) is 11.6. The average molecular weight is 316 g/mol. The van der Waals surface area contributed by atoms with E-state index in [1.807, 2.05) is 5.38 Å². The van der Waals surface area contributed by atoms with Gasteiger partial charge in [-0.2, -0.15) is 0 Å². The number of urea groups is 1. The van der Waals surface area contributed by atoms with Gasteiger partial charge in [-0.05, 0) is 33.1 Å². The van der Waals surface area contributed by atoms with Crippen molar-refractivity contribution < 1.29 is 9.59 Å². The Morgan fingerprint density at radius 3 is 2.70 bits per heavy atom. The standard InChI is InChI=1S/C13H18ClN3O2S/c1-13(2)11(18)17(12(19)16-13)6-4-3-5-10-15-9(7-14)8-20-10/h8H,3-7H2,1-2H3,(H,16,19). The number of halogens is 1. The first kappa shape index (κ1) is 15.3. The topological polar surface area (TPSA) is 62.3 Å². The van der Waals surface area contributed by atoms with E-state index in [9.17, 15) is 9.59 Å². The summed E-state index contributed by atoms with van der Waals surface area (Å²) in [6, 6.07) is -0.293. The molecule has 1 aliphatic rings. The SMILES string of the molecule is CC1(C)NC(=O)N(CCCCc2nc(CCl)cs2)C1=O. The molecule has 0 bridgehead atoms. The minimum atomic E-state index is -0.776. The predicted octanol–water partition coefficient (Wildman–Crippen LogP) is 2.54. The van der Waals surface area contributed by atoms with E-state index in [1.165, 1.54) is 4.90 Å². The minimum absolute atomic E-state index is 0.152. The van der Waals surface area contributed by atoms with Gasteiger partial charge in [0.1, 0.15) is 5.54 Å². The van der Waals surface area contributed by atoms with E-state index in [4.69, 9.17) is 11.6 Å². The van der Waals surface area contributed by atoms with Crippen LogP contribution in [0.5, 0.6) is 0 Å². The van der Waals surface area contributed by atoms with Crippen molar-refractivity contribution in [1.29, 1.82) is 0 Å². The number of hydrogen-bond acceptors (Lipinski definition) is 4. The largest absolute Gasteiger partial charge is 0.325 e. The Morgan fingerprint density at radius 1 is 1.40 bits per heavy atom. The Labute approximate surface area is 127 Å². The molecule has 0 aliphatic carbocycles. The number of unbranched alkanes of at least 4 members (excludes halogenated alkanes) is 1. The summed E-state index contributed by atoms with van der Waals surface area (Å²) >= 11 is 7.30. The van der Waals surface area contributed by atoms with E-state index >= 15 is 0 Å². The van der Waals surface area contributed by atoms with Crippen molar-refractivity contribution in [3.05, 3.63) is 16.1 Å². The van der Waals surface area contributed by atoms with Gasteiger partial charge in [0.15, 0.2) is 0 Å². The normalized spacial score (nSPS) is 17.6. The maximum Gasteiger partial charge on any atom is 0.325 e. The van der Waals surface area contributed by atoms with E-state index in [-0.39, 0.29) is 11.9 Å². The molecule has 5 nitrogen and oxygen atoms in total. The first-order valence-electron chi connectivity index (χ1n) is 6.57. The molecule has 20 heavy (non-hydrogen) atoms. The van der Waals surface area contributed by atoms with Crippen LogP contribution in [0, 0.1) is 0 Å². The summed E-state index contributed by atoms with van der Waals surface area (Å²) in [5.74, 6) is 0.287. The van der Waals surface area contributed by atoms with Gasteiger partial charge in [0.25, 0.3) is 5.91 Å². The van der Waals surface area contributed by atoms with Crippen molar-refractivity contribution in [2.24, 2.45) is 0 Å². The number of imide groups is 1. The summed E-state index contributed by atoms with van der Waals surface area (Å²) in [6.07, 6.45) is 2.53. The summed E-state index contributed by atoms with van der Waals surface area (Å²) in [7, 11) is 0. The fraction of sp³-hybridized carbons (Fsp3) is 0.615. The number of aromatic nitrogens is 1. The van der Waals surface area contributed by atoms with E-state index in [1.54, 1.807) is 25.2 Å². The molecule has 2 rings (SSSR count). The number of alkyl halides is 1. The Morgan fingerprint density at radius 2 is 2.15 bits per heavy atom. The number of carbonyl (C=O) groups excluding carboxylic acids is 2. The zero-order valence-corrected chi connectivity index (χ0v) is 13.2. The van der Waals surface area contributed by atoms with Gasteiger partial charge in [-0.25, -0.2) is 9.78 Å². The number of aryl methyl sites for hydroxylation is 1. The van der Waals surface area contributed by atoms with Gasteiger partial charge in [-0.1, -0.05) is 0 Å². The molecule has 1 fully saturated rings. The molecule has 1 aromatic heterocycles. The molecule has 2 heterocycles. The predicted molar refractivity (Wildman–Crippen MR) is 78.9 cm³/mol. The fourth-order valence-corrected chi connectivity index (χ4v) is 3.16. The van der Waals surface area contributed by atoms with Crippen molar-refractivity contribution in [2.45, 2.75) is 44.5 Å². The molecule has 1 N–H and O–H groups in total. The van der Waals surface area contributed by atoms with Gasteiger partial charge in [0.05, 0.1) is 16.6 Å². The molecule has 0 aromatic carbocycles. The summed E-state index contributed by atoms with van der Waals surface area (Å²) in [5, 5.41) is 5.69. The first-order valence-corrected chi connectivity index (χ1v) is 7.99. The highest BCUT2D eigenvalue weighted by Crippen LogP contribution is 2.18. The molecule has 7 heteroatoms. The summed E-state index contributed by atoms with van der Waals surface area (Å²) in [6.45, 7) is 3.90. The Hall–Kier alpha value is -1.14. The van der Waals surface area contributed by atoms with E-state index in [0.29, 0.717) is 12.4 Å². The lowest BCUT2D eigenvalue weighted by atomic mass is 10.1. The van der Waals surface area contributed by atoms with Gasteiger partial charge in [0, 0.05) is 11.9 Å². The molecule has 0 saturated carbocycles. The molecule has 3 amide bonds. The second-order valence-corrected chi connectivity index (χ2v) is 6.55. The second kappa shape index (κ2) is 6.10. The lowest BCUT2D eigenvalue weighted by molar-refractivity contribution is -0.130. The van der Waals surface area contributed by atoms with Crippen molar-refractivity contribution in [3.63, 3.8) is 0 Å². The third-order valence-electron chi connectivity index (χ3n) is 3.20. The van der Waals surface area contributed by atoms with Gasteiger partial charge >= 0.3 is 6.03 Å². The molecule has 110 valence electrons. The quantitative estimate of drug-likeness (QED) is 0.498. The lowest BCUT2D eigenvalue weighted by Gasteiger charge is -2.15. The van der Waals surface area contributed by atoms with E-state index < -0.39 is 5.54 Å². The molecule has 0 atom stereocenters. The van der Waals surface area contributed by atoms with Gasteiger partial charge < -0.3 is 5.32 Å². The van der Waals surface area contributed by atoms with Crippen molar-refractivity contribution in [2.75, 3.05) is 6.54 Å². The Bertz CT molecular complexity index is 515. The van der Waals surface area contributed by atoms with E-state index in [2.05, 4.69) is 10.3 Å². The summed E-state index contributed by atoms with van der Waals surface area (Å²) in [5.41, 5.74) is 0.129. The lowest BCUT2D eigenvalue weighted by Crippen LogP contribution is -2.40. The number of thiazole rings is 1. The maximum absolute atomic E-state index is 12.0. The Kier molecular flexibility index (Phi) is 4.65. The molecule has 0 unspecified atom stereocenters. The Balaban J connectivity index is 1.76. The van der Waals surface area contributed by atoms with Crippen LogP contribution in [0.15, 0.2) is 5.38 Å². The number of nitrogens with one attached hydrogen (secondary N) is 1.